The SMILES string of the molecule is CCCn1cc(S(=O)(=O)Cl)cc1C(=O)N1CCC(C)C1. The van der Waals surface area contributed by atoms with E-state index in [1.54, 1.807) is 9.47 Å². The highest BCUT2D eigenvalue weighted by atomic mass is 35.7. The molecule has 0 aliphatic carbocycles. The highest BCUT2D eigenvalue weighted by molar-refractivity contribution is 8.13. The lowest BCUT2D eigenvalue weighted by atomic mass is 10.2. The van der Waals surface area contributed by atoms with Crippen molar-refractivity contribution in [1.82, 2.24) is 9.47 Å². The number of rotatable bonds is 4. The number of likely N-dealkylation sites (tertiary alicyclic amines) is 1. The molecule has 0 saturated carbocycles. The van der Waals surface area contributed by atoms with Gasteiger partial charge in [0.15, 0.2) is 0 Å². The van der Waals surface area contributed by atoms with Crippen LogP contribution in [0.2, 0.25) is 0 Å². The van der Waals surface area contributed by atoms with Crippen LogP contribution in [0.15, 0.2) is 17.2 Å². The molecule has 1 fully saturated rings. The highest BCUT2D eigenvalue weighted by Crippen LogP contribution is 2.23. The summed E-state index contributed by atoms with van der Waals surface area (Å²) < 4.78 is 24.5. The van der Waals surface area contributed by atoms with Crippen molar-refractivity contribution in [2.45, 2.75) is 38.1 Å². The van der Waals surface area contributed by atoms with E-state index in [4.69, 9.17) is 10.7 Å². The summed E-state index contributed by atoms with van der Waals surface area (Å²) in [5, 5.41) is 0. The normalized spacial score (nSPS) is 19.6. The molecule has 0 bridgehead atoms. The number of carbonyl (C=O) groups excluding carboxylic acids is 1. The van der Waals surface area contributed by atoms with Crippen LogP contribution >= 0.6 is 10.7 Å². The zero-order chi connectivity index (χ0) is 14.9. The third kappa shape index (κ3) is 3.17. The van der Waals surface area contributed by atoms with Gasteiger partial charge < -0.3 is 9.47 Å². The third-order valence-corrected chi connectivity index (χ3v) is 4.87. The molecule has 7 heteroatoms. The fraction of sp³-hybridized carbons (Fsp3) is 0.615. The van der Waals surface area contributed by atoms with Crippen LogP contribution in [0.4, 0.5) is 0 Å². The van der Waals surface area contributed by atoms with Crippen LogP contribution in [-0.2, 0) is 15.6 Å². The molecule has 0 N–H and O–H groups in total. The minimum Gasteiger partial charge on any atom is -0.342 e. The Morgan fingerprint density at radius 3 is 2.70 bits per heavy atom. The predicted octanol–water partition coefficient (Wildman–Crippen LogP) is 2.31. The van der Waals surface area contributed by atoms with Crippen LogP contribution in [0.1, 0.15) is 37.2 Å². The molecule has 0 radical (unpaired) electrons. The Bertz CT molecular complexity index is 609. The van der Waals surface area contributed by atoms with E-state index in [-0.39, 0.29) is 10.8 Å². The van der Waals surface area contributed by atoms with Crippen LogP contribution < -0.4 is 0 Å². The summed E-state index contributed by atoms with van der Waals surface area (Å²) >= 11 is 0. The summed E-state index contributed by atoms with van der Waals surface area (Å²) in [5.74, 6) is 0.374. The van der Waals surface area contributed by atoms with Crippen LogP contribution in [0.5, 0.6) is 0 Å². The summed E-state index contributed by atoms with van der Waals surface area (Å²) in [6, 6.07) is 1.38. The Morgan fingerprint density at radius 1 is 1.50 bits per heavy atom. The lowest BCUT2D eigenvalue weighted by molar-refractivity contribution is 0.0777. The first-order valence-electron chi connectivity index (χ1n) is 6.77. The maximum Gasteiger partial charge on any atom is 0.270 e. The summed E-state index contributed by atoms with van der Waals surface area (Å²) in [4.78, 5) is 14.3. The van der Waals surface area contributed by atoms with Crippen molar-refractivity contribution in [3.8, 4) is 0 Å². The molecule has 0 spiro atoms. The van der Waals surface area contributed by atoms with Gasteiger partial charge in [0.25, 0.3) is 15.0 Å². The van der Waals surface area contributed by atoms with E-state index >= 15 is 0 Å². The lowest BCUT2D eigenvalue weighted by Gasteiger charge is -2.17. The molecule has 1 aliphatic rings. The van der Waals surface area contributed by atoms with Crippen molar-refractivity contribution in [1.29, 1.82) is 0 Å². The van der Waals surface area contributed by atoms with E-state index in [2.05, 4.69) is 6.92 Å². The monoisotopic (exact) mass is 318 g/mol. The van der Waals surface area contributed by atoms with Gasteiger partial charge in [-0.15, -0.1) is 0 Å². The van der Waals surface area contributed by atoms with E-state index in [1.807, 2.05) is 6.92 Å². The smallest absolute Gasteiger partial charge is 0.270 e. The second kappa shape index (κ2) is 5.77. The minimum absolute atomic E-state index is 0.0109. The molecule has 1 atom stereocenters. The average molecular weight is 319 g/mol. The lowest BCUT2D eigenvalue weighted by Crippen LogP contribution is -2.30. The van der Waals surface area contributed by atoms with E-state index in [1.165, 1.54) is 12.3 Å². The minimum atomic E-state index is -3.81. The van der Waals surface area contributed by atoms with Gasteiger partial charge in [-0.2, -0.15) is 0 Å². The fourth-order valence-corrected chi connectivity index (χ4v) is 3.26. The Balaban J connectivity index is 2.34. The molecule has 0 aromatic carbocycles. The summed E-state index contributed by atoms with van der Waals surface area (Å²) in [6.07, 6.45) is 3.24. The quantitative estimate of drug-likeness (QED) is 0.800. The van der Waals surface area contributed by atoms with Gasteiger partial charge in [-0.05, 0) is 24.8 Å². The van der Waals surface area contributed by atoms with E-state index in [9.17, 15) is 13.2 Å². The van der Waals surface area contributed by atoms with Crippen LogP contribution in [0.3, 0.4) is 0 Å². The molecular formula is C13H19ClN2O3S. The highest BCUT2D eigenvalue weighted by Gasteiger charge is 2.27. The van der Waals surface area contributed by atoms with Crippen LogP contribution in [0, 0.1) is 5.92 Å². The topological polar surface area (TPSA) is 59.4 Å². The Hall–Kier alpha value is -1.01. The molecule has 1 aromatic rings. The molecule has 1 amide bonds. The number of hydrogen-bond acceptors (Lipinski definition) is 3. The zero-order valence-electron chi connectivity index (χ0n) is 11.7. The maximum absolute atomic E-state index is 12.5. The standard InChI is InChI=1S/C13H19ClN2O3S/c1-3-5-15-9-11(20(14,18)19)7-12(15)13(17)16-6-4-10(2)8-16/h7,9-10H,3-6,8H2,1-2H3. The molecule has 112 valence electrons. The summed E-state index contributed by atoms with van der Waals surface area (Å²) in [7, 11) is 1.56. The van der Waals surface area contributed by atoms with Gasteiger partial charge in [-0.25, -0.2) is 8.42 Å². The largest absolute Gasteiger partial charge is 0.342 e. The number of halogens is 1. The van der Waals surface area contributed by atoms with Gasteiger partial charge in [0.2, 0.25) is 0 Å². The van der Waals surface area contributed by atoms with Crippen molar-refractivity contribution in [3.63, 3.8) is 0 Å². The first-order chi connectivity index (χ1) is 9.32. The Labute approximate surface area is 123 Å². The molecule has 2 rings (SSSR count). The molecule has 2 heterocycles. The molecular weight excluding hydrogens is 300 g/mol. The number of amides is 1. The van der Waals surface area contributed by atoms with Gasteiger partial charge in [0.1, 0.15) is 10.6 Å². The van der Waals surface area contributed by atoms with Crippen molar-refractivity contribution < 1.29 is 13.2 Å². The number of hydrogen-bond donors (Lipinski definition) is 0. The maximum atomic E-state index is 12.5. The summed E-state index contributed by atoms with van der Waals surface area (Å²) in [6.45, 7) is 6.12. The number of aromatic nitrogens is 1. The molecule has 1 aromatic heterocycles. The van der Waals surface area contributed by atoms with E-state index in [0.717, 1.165) is 25.9 Å². The third-order valence-electron chi connectivity index (χ3n) is 3.55. The second-order valence-corrected chi connectivity index (χ2v) is 7.90. The van der Waals surface area contributed by atoms with Gasteiger partial charge in [-0.3, -0.25) is 4.79 Å². The molecule has 5 nitrogen and oxygen atoms in total. The molecule has 1 aliphatic heterocycles. The van der Waals surface area contributed by atoms with Crippen molar-refractivity contribution in [3.05, 3.63) is 18.0 Å². The number of carbonyl (C=O) groups is 1. The Kier molecular flexibility index (Phi) is 4.44. The molecule has 1 unspecified atom stereocenters. The van der Waals surface area contributed by atoms with Gasteiger partial charge in [0, 0.05) is 36.5 Å². The van der Waals surface area contributed by atoms with Crippen molar-refractivity contribution in [2.24, 2.45) is 5.92 Å². The second-order valence-electron chi connectivity index (χ2n) is 5.34. The average Bonchev–Trinajstić information content (AvgIpc) is 2.95. The van der Waals surface area contributed by atoms with Gasteiger partial charge >= 0.3 is 0 Å². The van der Waals surface area contributed by atoms with Gasteiger partial charge in [0.05, 0.1) is 0 Å². The Morgan fingerprint density at radius 2 is 2.20 bits per heavy atom. The fourth-order valence-electron chi connectivity index (χ4n) is 2.50. The molecule has 20 heavy (non-hydrogen) atoms. The number of nitrogens with zero attached hydrogens (tertiary/aromatic N) is 2. The van der Waals surface area contributed by atoms with Crippen LogP contribution in [-0.4, -0.2) is 36.9 Å². The van der Waals surface area contributed by atoms with Crippen LogP contribution in [0.25, 0.3) is 0 Å². The summed E-state index contributed by atoms with van der Waals surface area (Å²) in [5.41, 5.74) is 0.403. The van der Waals surface area contributed by atoms with E-state index < -0.39 is 9.05 Å². The van der Waals surface area contributed by atoms with Crippen molar-refractivity contribution in [2.75, 3.05) is 13.1 Å². The van der Waals surface area contributed by atoms with Crippen molar-refractivity contribution >= 4 is 25.6 Å². The molecule has 1 saturated heterocycles. The predicted molar refractivity (Wildman–Crippen MR) is 77.4 cm³/mol. The zero-order valence-corrected chi connectivity index (χ0v) is 13.2. The van der Waals surface area contributed by atoms with E-state index in [0.29, 0.717) is 18.2 Å². The number of aryl methyl sites for hydroxylation is 1. The first-order valence-corrected chi connectivity index (χ1v) is 9.08. The first kappa shape index (κ1) is 15.4. The van der Waals surface area contributed by atoms with Gasteiger partial charge in [-0.1, -0.05) is 13.8 Å².